The van der Waals surface area contributed by atoms with E-state index in [1.54, 1.807) is 0 Å². The van der Waals surface area contributed by atoms with Crippen molar-refractivity contribution in [1.82, 2.24) is 9.80 Å². The molecule has 1 amide bonds. The van der Waals surface area contributed by atoms with Crippen molar-refractivity contribution in [1.29, 1.82) is 0 Å². The predicted molar refractivity (Wildman–Crippen MR) is 75.3 cm³/mol. The third-order valence-electron chi connectivity index (χ3n) is 5.07. The van der Waals surface area contributed by atoms with Gasteiger partial charge in [0.15, 0.2) is 0 Å². The highest BCUT2D eigenvalue weighted by Crippen LogP contribution is 2.30. The Hall–Kier alpha value is -0.650. The van der Waals surface area contributed by atoms with Crippen LogP contribution in [-0.4, -0.2) is 73.4 Å². The van der Waals surface area contributed by atoms with Crippen molar-refractivity contribution in [3.05, 3.63) is 0 Å². The summed E-state index contributed by atoms with van der Waals surface area (Å²) in [5, 5.41) is 9.48. The van der Waals surface area contributed by atoms with Gasteiger partial charge in [0.2, 0.25) is 5.91 Å². The average molecular weight is 282 g/mol. The van der Waals surface area contributed by atoms with Gasteiger partial charge in [-0.3, -0.25) is 4.79 Å². The van der Waals surface area contributed by atoms with Crippen molar-refractivity contribution in [3.8, 4) is 0 Å². The van der Waals surface area contributed by atoms with E-state index in [0.29, 0.717) is 19.1 Å². The molecule has 0 aromatic rings. The first-order valence-electron chi connectivity index (χ1n) is 7.92. The van der Waals surface area contributed by atoms with Crippen molar-refractivity contribution in [3.63, 3.8) is 0 Å². The van der Waals surface area contributed by atoms with Crippen LogP contribution in [0.3, 0.4) is 0 Å². The van der Waals surface area contributed by atoms with Crippen molar-refractivity contribution in [2.24, 2.45) is 11.3 Å². The van der Waals surface area contributed by atoms with Gasteiger partial charge in [0.1, 0.15) is 0 Å². The Morgan fingerprint density at radius 1 is 1.15 bits per heavy atom. The van der Waals surface area contributed by atoms with Gasteiger partial charge < -0.3 is 19.6 Å². The molecule has 0 aromatic heterocycles. The normalized spacial score (nSPS) is 27.6. The topological polar surface area (TPSA) is 53.0 Å². The van der Waals surface area contributed by atoms with Crippen molar-refractivity contribution < 1.29 is 14.6 Å². The van der Waals surface area contributed by atoms with Gasteiger partial charge in [-0.2, -0.15) is 0 Å². The highest BCUT2D eigenvalue weighted by atomic mass is 16.5. The molecule has 0 aliphatic carbocycles. The number of aliphatic hydroxyl groups is 1. The van der Waals surface area contributed by atoms with Crippen molar-refractivity contribution >= 4 is 5.91 Å². The maximum Gasteiger partial charge on any atom is 0.225 e. The fourth-order valence-electron chi connectivity index (χ4n) is 3.63. The van der Waals surface area contributed by atoms with Crippen molar-refractivity contribution in [2.75, 3.05) is 52.5 Å². The summed E-state index contributed by atoms with van der Waals surface area (Å²) in [6.07, 6.45) is 4.28. The number of aliphatic hydroxyl groups excluding tert-OH is 1. The standard InChI is InChI=1S/C15H26N2O3/c18-10-15(11-20-12-15)9-16-7-3-13(4-8-16)14(19)17-5-1-2-6-17/h13,18H,1-12H2. The lowest BCUT2D eigenvalue weighted by Gasteiger charge is -2.45. The monoisotopic (exact) mass is 282 g/mol. The van der Waals surface area contributed by atoms with E-state index in [2.05, 4.69) is 9.80 Å². The van der Waals surface area contributed by atoms with Crippen molar-refractivity contribution in [2.45, 2.75) is 25.7 Å². The quantitative estimate of drug-likeness (QED) is 0.807. The second kappa shape index (κ2) is 6.00. The first-order chi connectivity index (χ1) is 9.72. The Kier molecular flexibility index (Phi) is 4.29. The van der Waals surface area contributed by atoms with Crippen LogP contribution in [0.25, 0.3) is 0 Å². The van der Waals surface area contributed by atoms with Crippen LogP contribution in [0.5, 0.6) is 0 Å². The minimum atomic E-state index is -0.0359. The molecule has 0 bridgehead atoms. The average Bonchev–Trinajstić information content (AvgIpc) is 2.97. The van der Waals surface area contributed by atoms with E-state index in [9.17, 15) is 9.90 Å². The first-order valence-corrected chi connectivity index (χ1v) is 7.92. The maximum atomic E-state index is 12.4. The Labute approximate surface area is 120 Å². The molecule has 0 unspecified atom stereocenters. The summed E-state index contributed by atoms with van der Waals surface area (Å²) >= 11 is 0. The number of piperidine rings is 1. The Morgan fingerprint density at radius 2 is 1.80 bits per heavy atom. The summed E-state index contributed by atoms with van der Waals surface area (Å²) in [6.45, 7) is 6.35. The van der Waals surface area contributed by atoms with Gasteiger partial charge in [0, 0.05) is 25.6 Å². The summed E-state index contributed by atoms with van der Waals surface area (Å²) in [4.78, 5) is 16.8. The van der Waals surface area contributed by atoms with E-state index in [-0.39, 0.29) is 17.9 Å². The summed E-state index contributed by atoms with van der Waals surface area (Å²) < 4.78 is 5.25. The molecule has 3 aliphatic rings. The zero-order chi connectivity index (χ0) is 14.0. The second-order valence-electron chi connectivity index (χ2n) is 6.73. The van der Waals surface area contributed by atoms with Gasteiger partial charge in [-0.25, -0.2) is 0 Å². The molecule has 0 aromatic carbocycles. The van der Waals surface area contributed by atoms with Gasteiger partial charge in [0.25, 0.3) is 0 Å². The molecule has 3 heterocycles. The third kappa shape index (κ3) is 2.85. The van der Waals surface area contributed by atoms with Gasteiger partial charge >= 0.3 is 0 Å². The molecule has 20 heavy (non-hydrogen) atoms. The minimum absolute atomic E-state index is 0.0359. The third-order valence-corrected chi connectivity index (χ3v) is 5.07. The van der Waals surface area contributed by atoms with Gasteiger partial charge in [0.05, 0.1) is 25.2 Å². The van der Waals surface area contributed by atoms with E-state index >= 15 is 0 Å². The summed E-state index contributed by atoms with van der Waals surface area (Å²) in [6, 6.07) is 0. The summed E-state index contributed by atoms with van der Waals surface area (Å²) in [5.41, 5.74) is -0.0359. The maximum absolute atomic E-state index is 12.4. The zero-order valence-corrected chi connectivity index (χ0v) is 12.2. The lowest BCUT2D eigenvalue weighted by atomic mass is 9.85. The lowest BCUT2D eigenvalue weighted by molar-refractivity contribution is -0.152. The molecule has 0 saturated carbocycles. The molecular formula is C15H26N2O3. The molecule has 0 radical (unpaired) electrons. The second-order valence-corrected chi connectivity index (χ2v) is 6.73. The predicted octanol–water partition coefficient (Wildman–Crippen LogP) is 0.330. The number of likely N-dealkylation sites (tertiary alicyclic amines) is 2. The molecule has 3 fully saturated rings. The van der Waals surface area contributed by atoms with Crippen LogP contribution in [0.2, 0.25) is 0 Å². The van der Waals surface area contributed by atoms with Crippen LogP contribution in [0.4, 0.5) is 0 Å². The van der Waals surface area contributed by atoms with Crippen LogP contribution < -0.4 is 0 Å². The number of nitrogens with zero attached hydrogens (tertiary/aromatic N) is 2. The highest BCUT2D eigenvalue weighted by Gasteiger charge is 2.40. The summed E-state index contributed by atoms with van der Waals surface area (Å²) in [7, 11) is 0. The molecule has 3 aliphatic heterocycles. The molecular weight excluding hydrogens is 256 g/mol. The number of rotatable bonds is 4. The van der Waals surface area contributed by atoms with E-state index in [0.717, 1.165) is 45.6 Å². The number of ether oxygens (including phenoxy) is 1. The smallest absolute Gasteiger partial charge is 0.225 e. The Bertz CT molecular complexity index is 338. The van der Waals surface area contributed by atoms with Crippen LogP contribution >= 0.6 is 0 Å². The fourth-order valence-corrected chi connectivity index (χ4v) is 3.63. The van der Waals surface area contributed by atoms with Gasteiger partial charge in [-0.1, -0.05) is 0 Å². The largest absolute Gasteiger partial charge is 0.396 e. The van der Waals surface area contributed by atoms with E-state index in [1.165, 1.54) is 12.8 Å². The first kappa shape index (κ1) is 14.3. The number of hydrogen-bond acceptors (Lipinski definition) is 4. The fraction of sp³-hybridized carbons (Fsp3) is 0.933. The highest BCUT2D eigenvalue weighted by molar-refractivity contribution is 5.79. The Morgan fingerprint density at radius 3 is 2.30 bits per heavy atom. The molecule has 3 saturated heterocycles. The number of carbonyl (C=O) groups is 1. The number of carbonyl (C=O) groups excluding carboxylic acids is 1. The molecule has 5 heteroatoms. The van der Waals surface area contributed by atoms with E-state index in [4.69, 9.17) is 4.74 Å². The van der Waals surface area contributed by atoms with Crippen LogP contribution in [-0.2, 0) is 9.53 Å². The van der Waals surface area contributed by atoms with Gasteiger partial charge in [-0.15, -0.1) is 0 Å². The lowest BCUT2D eigenvalue weighted by Crippen LogP contribution is -2.55. The van der Waals surface area contributed by atoms with Crippen LogP contribution in [0.15, 0.2) is 0 Å². The van der Waals surface area contributed by atoms with Crippen LogP contribution in [0.1, 0.15) is 25.7 Å². The molecule has 0 spiro atoms. The van der Waals surface area contributed by atoms with Gasteiger partial charge in [-0.05, 0) is 38.8 Å². The molecule has 3 rings (SSSR count). The zero-order valence-electron chi connectivity index (χ0n) is 12.2. The molecule has 1 N–H and O–H groups in total. The molecule has 5 nitrogen and oxygen atoms in total. The van der Waals surface area contributed by atoms with Crippen LogP contribution in [0, 0.1) is 11.3 Å². The van der Waals surface area contributed by atoms with E-state index < -0.39 is 0 Å². The SMILES string of the molecule is O=C(C1CCN(CC2(CO)COC2)CC1)N1CCCC1. The van der Waals surface area contributed by atoms with E-state index in [1.807, 2.05) is 0 Å². The molecule has 0 atom stereocenters. The summed E-state index contributed by atoms with van der Waals surface area (Å²) in [5.74, 6) is 0.609. The number of hydrogen-bond donors (Lipinski definition) is 1. The Balaban J connectivity index is 1.45. The molecule has 114 valence electrons. The minimum Gasteiger partial charge on any atom is -0.396 e. The number of amides is 1.